The molecule has 0 unspecified atom stereocenters. The van der Waals surface area contributed by atoms with E-state index in [9.17, 15) is 9.59 Å². The molecule has 0 N–H and O–H groups in total. The molecule has 1 aliphatic heterocycles. The standard InChI is InChI=1S/C30H50N2O4Si2/c1-20(2)26(35-38(21(3)4,22(5)6)23(7)8)18-31-27(36-37(12,13)30(9,10)11)19-32-28(33)24-16-14-15-17-25(24)29(32)34/h14-23,26H,1-13H3/b27-19-,31-18+/t26-/m1/s1. The largest absolute Gasteiger partial charge is 0.530 e. The van der Waals surface area contributed by atoms with Crippen molar-refractivity contribution in [2.45, 2.75) is 117 Å². The summed E-state index contributed by atoms with van der Waals surface area (Å²) in [6.07, 6.45) is 3.08. The van der Waals surface area contributed by atoms with Crippen LogP contribution < -0.4 is 0 Å². The summed E-state index contributed by atoms with van der Waals surface area (Å²) >= 11 is 0. The highest BCUT2D eigenvalue weighted by Crippen LogP contribution is 2.43. The Bertz CT molecular complexity index is 1010. The Balaban J connectivity index is 2.55. The predicted molar refractivity (Wildman–Crippen MR) is 163 cm³/mol. The van der Waals surface area contributed by atoms with Crippen molar-refractivity contribution in [2.75, 3.05) is 0 Å². The highest BCUT2D eigenvalue weighted by Gasteiger charge is 2.47. The molecule has 1 aromatic rings. The minimum Gasteiger partial charge on any atom is -0.530 e. The van der Waals surface area contributed by atoms with E-state index in [1.54, 1.807) is 24.3 Å². The summed E-state index contributed by atoms with van der Waals surface area (Å²) in [6, 6.07) is 6.89. The average molecular weight is 559 g/mol. The number of amides is 2. The first-order valence-corrected chi connectivity index (χ1v) is 19.0. The molecular formula is C30H50N2O4Si2. The Morgan fingerprint density at radius 3 is 1.68 bits per heavy atom. The molecular weight excluding hydrogens is 509 g/mol. The number of rotatable bonds is 11. The van der Waals surface area contributed by atoms with Crippen molar-refractivity contribution in [2.24, 2.45) is 10.9 Å². The van der Waals surface area contributed by atoms with Gasteiger partial charge in [-0.15, -0.1) is 0 Å². The highest BCUT2D eigenvalue weighted by atomic mass is 28.4. The quantitative estimate of drug-likeness (QED) is 0.118. The number of hydrogen-bond donors (Lipinski definition) is 0. The summed E-state index contributed by atoms with van der Waals surface area (Å²) in [5.74, 6) is -0.263. The Morgan fingerprint density at radius 2 is 1.32 bits per heavy atom. The maximum Gasteiger partial charge on any atom is 0.265 e. The molecule has 6 nitrogen and oxygen atoms in total. The van der Waals surface area contributed by atoms with Gasteiger partial charge in [0.2, 0.25) is 14.2 Å². The van der Waals surface area contributed by atoms with Crippen molar-refractivity contribution in [1.29, 1.82) is 0 Å². The molecule has 0 saturated carbocycles. The molecule has 0 fully saturated rings. The molecule has 2 rings (SSSR count). The van der Waals surface area contributed by atoms with Gasteiger partial charge in [0, 0.05) is 6.21 Å². The number of carbonyl (C=O) groups excluding carboxylic acids is 2. The zero-order chi connectivity index (χ0) is 29.2. The molecule has 1 heterocycles. The smallest absolute Gasteiger partial charge is 0.265 e. The van der Waals surface area contributed by atoms with Crippen LogP contribution in [0.25, 0.3) is 0 Å². The fourth-order valence-electron chi connectivity index (χ4n) is 5.07. The predicted octanol–water partition coefficient (Wildman–Crippen LogP) is 8.39. The maximum atomic E-state index is 13.1. The molecule has 0 bridgehead atoms. The first kappa shape index (κ1) is 32.2. The van der Waals surface area contributed by atoms with E-state index in [1.165, 1.54) is 6.20 Å². The van der Waals surface area contributed by atoms with E-state index in [0.717, 1.165) is 4.90 Å². The molecule has 0 radical (unpaired) electrons. The number of fused-ring (bicyclic) bond motifs is 1. The number of nitrogens with zero attached hydrogens (tertiary/aromatic N) is 2. The van der Waals surface area contributed by atoms with Gasteiger partial charge in [0.25, 0.3) is 20.1 Å². The maximum absolute atomic E-state index is 13.1. The third kappa shape index (κ3) is 6.57. The topological polar surface area (TPSA) is 68.2 Å². The van der Waals surface area contributed by atoms with E-state index in [1.807, 2.05) is 6.21 Å². The monoisotopic (exact) mass is 558 g/mol. The summed E-state index contributed by atoms with van der Waals surface area (Å²) in [5.41, 5.74) is 2.11. The van der Waals surface area contributed by atoms with Crippen LogP contribution in [0.4, 0.5) is 0 Å². The molecule has 2 amide bonds. The number of benzene rings is 1. The fraction of sp³-hybridized carbons (Fsp3) is 0.633. The Hall–Kier alpha value is -2.04. The van der Waals surface area contributed by atoms with Crippen molar-refractivity contribution in [1.82, 2.24) is 4.90 Å². The van der Waals surface area contributed by atoms with Gasteiger partial charge in [-0.1, -0.05) is 88.3 Å². The van der Waals surface area contributed by atoms with Crippen LogP contribution in [-0.2, 0) is 8.85 Å². The molecule has 0 aromatic heterocycles. The van der Waals surface area contributed by atoms with Gasteiger partial charge in [0.05, 0.1) is 23.4 Å². The van der Waals surface area contributed by atoms with E-state index >= 15 is 0 Å². The lowest BCUT2D eigenvalue weighted by Gasteiger charge is -2.44. The van der Waals surface area contributed by atoms with E-state index < -0.39 is 16.6 Å². The van der Waals surface area contributed by atoms with Crippen LogP contribution in [0, 0.1) is 5.92 Å². The molecule has 8 heteroatoms. The Labute approximate surface area is 233 Å². The van der Waals surface area contributed by atoms with Crippen LogP contribution in [0.3, 0.4) is 0 Å². The zero-order valence-corrected chi connectivity index (χ0v) is 27.9. The van der Waals surface area contributed by atoms with Crippen LogP contribution in [0.15, 0.2) is 41.3 Å². The minimum atomic E-state index is -2.33. The molecule has 38 heavy (non-hydrogen) atoms. The molecule has 1 aromatic carbocycles. The first-order chi connectivity index (χ1) is 17.4. The van der Waals surface area contributed by atoms with E-state index in [4.69, 9.17) is 13.8 Å². The third-order valence-corrected chi connectivity index (χ3v) is 18.7. The zero-order valence-electron chi connectivity index (χ0n) is 25.9. The number of imide groups is 1. The molecule has 0 spiro atoms. The lowest BCUT2D eigenvalue weighted by Crippen LogP contribution is -2.51. The van der Waals surface area contributed by atoms with Crippen LogP contribution in [-0.4, -0.2) is 45.7 Å². The van der Waals surface area contributed by atoms with Crippen molar-refractivity contribution < 1.29 is 18.4 Å². The van der Waals surface area contributed by atoms with Crippen LogP contribution >= 0.6 is 0 Å². The Kier molecular flexibility index (Phi) is 10.2. The molecule has 1 aliphatic rings. The van der Waals surface area contributed by atoms with E-state index in [2.05, 4.69) is 89.3 Å². The fourth-order valence-corrected chi connectivity index (χ4v) is 11.6. The third-order valence-electron chi connectivity index (χ3n) is 8.28. The van der Waals surface area contributed by atoms with Gasteiger partial charge in [0.15, 0.2) is 0 Å². The van der Waals surface area contributed by atoms with E-state index in [-0.39, 0.29) is 34.8 Å². The van der Waals surface area contributed by atoms with Crippen LogP contribution in [0.2, 0.25) is 34.8 Å². The van der Waals surface area contributed by atoms with Crippen molar-refractivity contribution in [3.05, 3.63) is 47.5 Å². The molecule has 1 atom stereocenters. The van der Waals surface area contributed by atoms with Crippen molar-refractivity contribution in [3.63, 3.8) is 0 Å². The SMILES string of the molecule is CC(C)[C@@H](/C=N/C(=C/N1C(=O)c2ccccc2C1=O)O[Si](C)(C)C(C)(C)C)O[Si](C(C)C)(C(C)C)C(C)C. The number of hydrogen-bond acceptors (Lipinski definition) is 5. The van der Waals surface area contributed by atoms with Gasteiger partial charge in [-0.25, -0.2) is 9.89 Å². The summed E-state index contributed by atoms with van der Waals surface area (Å²) in [7, 11) is -4.49. The van der Waals surface area contributed by atoms with Gasteiger partial charge < -0.3 is 8.85 Å². The minimum absolute atomic E-state index is 0.0907. The lowest BCUT2D eigenvalue weighted by molar-refractivity contribution is 0.0715. The molecule has 212 valence electrons. The molecule has 0 saturated heterocycles. The number of carbonyl (C=O) groups is 2. The summed E-state index contributed by atoms with van der Waals surface area (Å²) in [5, 5.41) is -0.0907. The molecule has 0 aliphatic carbocycles. The van der Waals surface area contributed by atoms with Gasteiger partial charge in [-0.05, 0) is 52.8 Å². The first-order valence-electron chi connectivity index (χ1n) is 14.0. The average Bonchev–Trinajstić information content (AvgIpc) is 3.02. The van der Waals surface area contributed by atoms with Crippen molar-refractivity contribution in [3.8, 4) is 0 Å². The second-order valence-electron chi connectivity index (χ2n) is 13.3. The summed E-state index contributed by atoms with van der Waals surface area (Å²) < 4.78 is 13.6. The van der Waals surface area contributed by atoms with Crippen molar-refractivity contribution >= 4 is 34.7 Å². The van der Waals surface area contributed by atoms with Gasteiger partial charge >= 0.3 is 0 Å². The van der Waals surface area contributed by atoms with Gasteiger partial charge in [-0.3, -0.25) is 9.59 Å². The van der Waals surface area contributed by atoms with E-state index in [0.29, 0.717) is 27.8 Å². The second-order valence-corrected chi connectivity index (χ2v) is 23.4. The lowest BCUT2D eigenvalue weighted by atomic mass is 10.1. The van der Waals surface area contributed by atoms with Gasteiger partial charge in [0.1, 0.15) is 0 Å². The highest BCUT2D eigenvalue weighted by molar-refractivity contribution is 6.77. The normalized spacial score (nSPS) is 16.6. The summed E-state index contributed by atoms with van der Waals surface area (Å²) in [6.45, 7) is 28.6. The van der Waals surface area contributed by atoms with Gasteiger partial charge in [-0.2, -0.15) is 0 Å². The van der Waals surface area contributed by atoms with Crippen LogP contribution in [0.1, 0.15) is 96.9 Å². The summed E-state index contributed by atoms with van der Waals surface area (Å²) in [4.78, 5) is 32.1. The second kappa shape index (κ2) is 12.0. The number of aliphatic imine (C=N–C) groups is 1. The Morgan fingerprint density at radius 1 is 0.868 bits per heavy atom. The van der Waals surface area contributed by atoms with Crippen LogP contribution in [0.5, 0.6) is 0 Å².